The van der Waals surface area contributed by atoms with Gasteiger partial charge in [0, 0.05) is 38.3 Å². The minimum absolute atomic E-state index is 0. The number of ether oxygens (including phenoxy) is 1. The van der Waals surface area contributed by atoms with Crippen LogP contribution < -0.4 is 0 Å². The Morgan fingerprint density at radius 3 is 1.15 bits per heavy atom. The average molecular weight is 1270 g/mol. The number of hydrogen-bond acceptors (Lipinski definition) is 6. The van der Waals surface area contributed by atoms with Gasteiger partial charge in [0.2, 0.25) is 0 Å². The minimum atomic E-state index is -5.96. The maximum absolute atomic E-state index is 13.4. The van der Waals surface area contributed by atoms with Crippen LogP contribution in [0, 0.1) is 69.5 Å². The van der Waals surface area contributed by atoms with Gasteiger partial charge in [-0.1, -0.05) is 108 Å². The summed E-state index contributed by atoms with van der Waals surface area (Å²) in [5.74, 6) is 8.26. The van der Waals surface area contributed by atoms with Gasteiger partial charge in [0.25, 0.3) is 0 Å². The summed E-state index contributed by atoms with van der Waals surface area (Å²) in [4.78, 5) is 0. The largest absolute Gasteiger partial charge is 0.438 e. The molecule has 5 aliphatic rings. The molecule has 0 aromatic carbocycles. The minimum Gasteiger partial charge on any atom is -0.414 e. The van der Waals surface area contributed by atoms with Crippen molar-refractivity contribution in [1.82, 2.24) is 0 Å². The topological polar surface area (TPSA) is 66.4 Å². The Bertz CT molecular complexity index is 2130. The van der Waals surface area contributed by atoms with Crippen molar-refractivity contribution < 1.29 is 53.9 Å². The van der Waals surface area contributed by atoms with E-state index in [4.69, 9.17) is 28.9 Å². The van der Waals surface area contributed by atoms with Crippen molar-refractivity contribution >= 4 is 33.3 Å². The van der Waals surface area contributed by atoms with E-state index in [0.717, 1.165) is 58.2 Å². The maximum Gasteiger partial charge on any atom is 0.438 e. The van der Waals surface area contributed by atoms with E-state index in [1.165, 1.54) is 63.7 Å². The molecule has 10 atom stereocenters. The van der Waals surface area contributed by atoms with E-state index in [2.05, 4.69) is 153 Å². The highest BCUT2D eigenvalue weighted by Crippen LogP contribution is 2.65. The maximum atomic E-state index is 13.4. The Morgan fingerprint density at radius 2 is 0.869 bits per heavy atom. The molecule has 2 unspecified atom stereocenters. The normalized spacial score (nSPS) is 28.1. The van der Waals surface area contributed by atoms with Gasteiger partial charge in [-0.25, -0.2) is 0 Å². The molecular formula is C68H128F6O6Si4. The second-order valence-electron chi connectivity index (χ2n) is 34.0. The second kappa shape index (κ2) is 28.9. The fraction of sp³-hybridized carbons (Fsp3) is 0.941. The van der Waals surface area contributed by atoms with Gasteiger partial charge in [-0.05, 0) is 244 Å². The zero-order chi connectivity index (χ0) is 64.2. The fourth-order valence-corrected chi connectivity index (χ4v) is 22.0. The van der Waals surface area contributed by atoms with Crippen molar-refractivity contribution in [3.8, 4) is 24.2 Å². The first-order chi connectivity index (χ1) is 37.2. The van der Waals surface area contributed by atoms with E-state index in [9.17, 15) is 31.4 Å². The summed E-state index contributed by atoms with van der Waals surface area (Å²) in [5.41, 5.74) is -5.81. The molecule has 84 heavy (non-hydrogen) atoms. The summed E-state index contributed by atoms with van der Waals surface area (Å²) in [7, 11) is -7.23. The molecule has 0 aromatic rings. The lowest BCUT2D eigenvalue weighted by molar-refractivity contribution is -0.343. The van der Waals surface area contributed by atoms with Gasteiger partial charge in [0.1, 0.15) is 0 Å². The molecule has 494 valence electrons. The van der Waals surface area contributed by atoms with Crippen LogP contribution >= 0.6 is 0 Å². The molecule has 5 fully saturated rings. The Morgan fingerprint density at radius 1 is 0.524 bits per heavy atom. The lowest BCUT2D eigenvalue weighted by atomic mass is 9.56. The van der Waals surface area contributed by atoms with E-state index in [0.29, 0.717) is 42.6 Å². The van der Waals surface area contributed by atoms with Crippen LogP contribution in [0.25, 0.3) is 0 Å². The summed E-state index contributed by atoms with van der Waals surface area (Å²) >= 11 is 0. The molecular weight excluding hydrogens is 1140 g/mol. The van der Waals surface area contributed by atoms with Gasteiger partial charge in [0.15, 0.2) is 33.3 Å². The molecule has 16 heteroatoms. The third-order valence-electron chi connectivity index (χ3n) is 21.4. The Labute approximate surface area is 517 Å². The van der Waals surface area contributed by atoms with Gasteiger partial charge in [-0.3, -0.25) is 0 Å². The van der Waals surface area contributed by atoms with Gasteiger partial charge in [0.05, 0.1) is 11.2 Å². The second-order valence-corrected chi connectivity index (χ2v) is 52.3. The van der Waals surface area contributed by atoms with Crippen LogP contribution in [0.15, 0.2) is 0 Å². The molecule has 5 rings (SSSR count). The summed E-state index contributed by atoms with van der Waals surface area (Å²) in [6.45, 7) is 56.3. The molecule has 6 nitrogen and oxygen atoms in total. The Kier molecular flexibility index (Phi) is 27.3. The van der Waals surface area contributed by atoms with Crippen LogP contribution in [0.2, 0.25) is 75.5 Å². The lowest BCUT2D eigenvalue weighted by Gasteiger charge is -2.52. The van der Waals surface area contributed by atoms with Crippen LogP contribution in [-0.2, 0) is 22.4 Å². The predicted molar refractivity (Wildman–Crippen MR) is 351 cm³/mol. The van der Waals surface area contributed by atoms with Crippen LogP contribution in [-0.4, -0.2) is 93.0 Å². The molecule has 1 saturated heterocycles. The molecule has 1 N–H and O–H groups in total. The number of alkyl halides is 6. The monoisotopic (exact) mass is 1270 g/mol. The standard InChI is InChI=1S/C33H58F6O3Si2.C30H58O2Si2.C4H8O.CH4/c1-27(2,3)44(11,12)41-25-16-13-22-30(7)24(25)17-18-26(30)29(6,20-14-19-28(4,5)42-43(8,9)10)21-15-23-31(40,32(34,35)36)33(37,38)39;1-14-20-29(7,22-16-21-28(5,6)32-33(9,10)11)26-19-18-24-25(17-15-23-30(24,26)8)31-34(12,13)27(2,3)4;1-2-4-5-3-1;/h24-26,40H,13-14,16-22H2,1-12H3;1,24-26H,15-23H2,2-13H3;1-4H2;1H4/t24?,25-,26+,29+,30-;24?,25-,26+,29-,30-;;/m00../s1. The molecule has 0 radical (unpaired) electrons. The van der Waals surface area contributed by atoms with Crippen molar-refractivity contribution in [3.05, 3.63) is 0 Å². The molecule has 0 spiro atoms. The highest BCUT2D eigenvalue weighted by atomic mass is 28.4. The molecule has 0 aromatic heterocycles. The SMILES string of the molecule is C.C#CC[C@@](C)(CCCC(C)(C)O[Si](C)(C)C)[C@H]1CCC2[C@@H](O[Si](C)(C)C(C)(C)C)CCC[C@@]21C.C1CCOC1.CC(C)(CCC[C@](C)(CC#CC(O)(C(F)(F)F)C(F)(F)F)[C@H]1CCC2[C@@H](O[Si](C)(C)C(C)(C)C)CCC[C@@]21C)O[Si](C)(C)C. The zero-order valence-corrected chi connectivity index (χ0v) is 61.4. The molecule has 0 amide bonds. The van der Waals surface area contributed by atoms with Gasteiger partial charge < -0.3 is 27.5 Å². The highest BCUT2D eigenvalue weighted by Gasteiger charge is 2.70. The Balaban J connectivity index is 0.000000535. The van der Waals surface area contributed by atoms with Gasteiger partial charge in [-0.2, -0.15) is 26.3 Å². The number of rotatable bonds is 20. The molecule has 4 saturated carbocycles. The number of terminal acetylenes is 1. The molecule has 1 heterocycles. The van der Waals surface area contributed by atoms with Crippen LogP contribution in [0.3, 0.4) is 0 Å². The number of fused-ring (bicyclic) bond motifs is 2. The molecule has 4 aliphatic carbocycles. The number of hydrogen-bond donors (Lipinski definition) is 1. The van der Waals surface area contributed by atoms with Crippen LogP contribution in [0.4, 0.5) is 26.3 Å². The summed E-state index contributed by atoms with van der Waals surface area (Å²) in [6.07, 6.45) is 14.4. The van der Waals surface area contributed by atoms with Gasteiger partial charge in [-0.15, -0.1) is 12.3 Å². The van der Waals surface area contributed by atoms with E-state index < -0.39 is 62.2 Å². The van der Waals surface area contributed by atoms with E-state index >= 15 is 0 Å². The summed E-state index contributed by atoms with van der Waals surface area (Å²) < 4.78 is 113. The lowest BCUT2D eigenvalue weighted by Crippen LogP contribution is -2.55. The first-order valence-corrected chi connectivity index (χ1v) is 44.9. The summed E-state index contributed by atoms with van der Waals surface area (Å²) in [5, 5.41) is 10.0. The van der Waals surface area contributed by atoms with Crippen molar-refractivity contribution in [2.24, 2.45) is 45.3 Å². The van der Waals surface area contributed by atoms with Crippen LogP contribution in [0.5, 0.6) is 0 Å². The van der Waals surface area contributed by atoms with Crippen molar-refractivity contribution in [3.63, 3.8) is 0 Å². The predicted octanol–water partition coefficient (Wildman–Crippen LogP) is 21.5. The van der Waals surface area contributed by atoms with E-state index in [1.807, 2.05) is 20.8 Å². The first kappa shape index (κ1) is 79.4. The zero-order valence-electron chi connectivity index (χ0n) is 57.4. The third kappa shape index (κ3) is 20.9. The third-order valence-corrected chi connectivity index (χ3v) is 32.8. The fourth-order valence-electron chi connectivity index (χ4n) is 15.7. The smallest absolute Gasteiger partial charge is 0.414 e. The van der Waals surface area contributed by atoms with E-state index in [1.54, 1.807) is 0 Å². The number of aliphatic hydroxyl groups is 1. The first-order valence-electron chi connectivity index (χ1n) is 32.3. The van der Waals surface area contributed by atoms with E-state index in [-0.39, 0.29) is 58.3 Å². The number of halogens is 6. The quantitative estimate of drug-likeness (QED) is 0.0744. The molecule has 1 aliphatic heterocycles. The Hall–Kier alpha value is -0.672. The average Bonchev–Trinajstić information content (AvgIpc) is 4.24. The van der Waals surface area contributed by atoms with Crippen LogP contribution in [0.1, 0.15) is 233 Å². The molecule has 0 bridgehead atoms. The van der Waals surface area contributed by atoms with Crippen molar-refractivity contribution in [2.75, 3.05) is 13.2 Å². The van der Waals surface area contributed by atoms with Crippen molar-refractivity contribution in [1.29, 1.82) is 0 Å². The summed E-state index contributed by atoms with van der Waals surface area (Å²) in [6, 6.07) is 0. The van der Waals surface area contributed by atoms with Gasteiger partial charge >= 0.3 is 18.0 Å². The van der Waals surface area contributed by atoms with Crippen molar-refractivity contribution in [2.45, 2.75) is 350 Å². The highest BCUT2D eigenvalue weighted by molar-refractivity contribution is 6.74.